The average Bonchev–Trinajstić information content (AvgIpc) is 2.69. The van der Waals surface area contributed by atoms with Gasteiger partial charge in [0.1, 0.15) is 12.2 Å². The number of nitrogens with zero attached hydrogens (tertiary/aromatic N) is 1. The van der Waals surface area contributed by atoms with Crippen LogP contribution in [0.1, 0.15) is 20.8 Å². The molecule has 1 aliphatic rings. The standard InChI is InChI=1S/C18H30N4O10/c1-5-29-18(27)31-9(3)30-16(26)12-6-10(22-17(19)20)13(21-8(2)24)15(32-12)14(28-4)11(25)7-23/h6,9-11,13-15,23,25H,5,7H2,1-4H3,(H,21,24)(H4,19,20,22)/t9?,10-,11+,13+,14+,15+/m0/s1. The smallest absolute Gasteiger partial charge is 0.478 e. The Morgan fingerprint density at radius 3 is 2.47 bits per heavy atom. The molecule has 1 unspecified atom stereocenters. The third-order valence-electron chi connectivity index (χ3n) is 4.14. The number of carbonyl (C=O) groups is 3. The van der Waals surface area contributed by atoms with Crippen LogP contribution in [0.2, 0.25) is 0 Å². The number of carbonyl (C=O) groups excluding carboxylic acids is 3. The van der Waals surface area contributed by atoms with E-state index in [0.717, 1.165) is 0 Å². The second-order valence-electron chi connectivity index (χ2n) is 6.61. The predicted molar refractivity (Wildman–Crippen MR) is 108 cm³/mol. The molecule has 0 aromatic heterocycles. The van der Waals surface area contributed by atoms with Crippen molar-refractivity contribution in [3.05, 3.63) is 11.8 Å². The van der Waals surface area contributed by atoms with Crippen molar-refractivity contribution < 1.29 is 48.3 Å². The molecule has 0 aliphatic carbocycles. The summed E-state index contributed by atoms with van der Waals surface area (Å²) in [6.07, 6.45) is -5.07. The van der Waals surface area contributed by atoms with E-state index in [1.165, 1.54) is 27.0 Å². The number of guanidine groups is 1. The van der Waals surface area contributed by atoms with Gasteiger partial charge in [-0.3, -0.25) is 4.79 Å². The Hall–Kier alpha value is -3.10. The van der Waals surface area contributed by atoms with E-state index in [9.17, 15) is 24.6 Å². The Morgan fingerprint density at radius 1 is 1.31 bits per heavy atom. The Labute approximate surface area is 184 Å². The highest BCUT2D eigenvalue weighted by Gasteiger charge is 2.45. The largest absolute Gasteiger partial charge is 0.511 e. The van der Waals surface area contributed by atoms with Crippen LogP contribution in [0.4, 0.5) is 4.79 Å². The molecule has 7 N–H and O–H groups in total. The number of amides is 1. The topological polar surface area (TPSA) is 214 Å². The number of hydrogen-bond donors (Lipinski definition) is 5. The number of aliphatic hydroxyl groups excluding tert-OH is 2. The average molecular weight is 462 g/mol. The van der Waals surface area contributed by atoms with Gasteiger partial charge in [0, 0.05) is 21.0 Å². The summed E-state index contributed by atoms with van der Waals surface area (Å²) in [6.45, 7) is 3.44. The molecule has 0 fully saturated rings. The second kappa shape index (κ2) is 12.7. The molecule has 182 valence electrons. The first-order chi connectivity index (χ1) is 15.0. The van der Waals surface area contributed by atoms with Crippen LogP contribution in [-0.2, 0) is 33.3 Å². The zero-order valence-electron chi connectivity index (χ0n) is 18.2. The second-order valence-corrected chi connectivity index (χ2v) is 6.61. The van der Waals surface area contributed by atoms with Crippen LogP contribution in [0.25, 0.3) is 0 Å². The Bertz CT molecular complexity index is 725. The first kappa shape index (κ1) is 26.9. The van der Waals surface area contributed by atoms with Crippen molar-refractivity contribution in [2.75, 3.05) is 20.3 Å². The number of nitrogens with two attached hydrogens (primary N) is 2. The van der Waals surface area contributed by atoms with E-state index < -0.39 is 67.1 Å². The molecule has 32 heavy (non-hydrogen) atoms. The minimum absolute atomic E-state index is 0.0613. The molecule has 1 amide bonds. The predicted octanol–water partition coefficient (Wildman–Crippen LogP) is -2.15. The summed E-state index contributed by atoms with van der Waals surface area (Å²) >= 11 is 0. The van der Waals surface area contributed by atoms with E-state index in [-0.39, 0.29) is 12.6 Å². The van der Waals surface area contributed by atoms with E-state index in [4.69, 9.17) is 30.4 Å². The lowest BCUT2D eigenvalue weighted by molar-refractivity contribution is -0.173. The Morgan fingerprint density at radius 2 is 1.97 bits per heavy atom. The number of hydrogen-bond acceptors (Lipinski definition) is 11. The SMILES string of the molecule is CCOC(=O)OC(C)OC(=O)C1=C[C@H](N=C(N)N)[C@@H](NC(C)=O)[C@H]([C@H](OC)[C@H](O)CO)O1. The third-order valence-corrected chi connectivity index (χ3v) is 4.14. The zero-order chi connectivity index (χ0) is 24.4. The number of aliphatic hydroxyl groups is 2. The number of esters is 1. The molecule has 1 heterocycles. The molecule has 14 heteroatoms. The van der Waals surface area contributed by atoms with Gasteiger partial charge in [0.05, 0.1) is 25.3 Å². The molecule has 0 saturated carbocycles. The molecule has 1 rings (SSSR count). The lowest BCUT2D eigenvalue weighted by atomic mass is 9.92. The molecule has 6 atom stereocenters. The van der Waals surface area contributed by atoms with Crippen LogP contribution < -0.4 is 16.8 Å². The first-order valence-corrected chi connectivity index (χ1v) is 9.64. The van der Waals surface area contributed by atoms with E-state index in [1.54, 1.807) is 6.92 Å². The summed E-state index contributed by atoms with van der Waals surface area (Å²) in [7, 11) is 1.23. The summed E-state index contributed by atoms with van der Waals surface area (Å²) in [5.74, 6) is -2.30. The van der Waals surface area contributed by atoms with Gasteiger partial charge in [-0.25, -0.2) is 14.6 Å². The van der Waals surface area contributed by atoms with Gasteiger partial charge in [-0.05, 0) is 13.0 Å². The van der Waals surface area contributed by atoms with Crippen LogP contribution in [0, 0.1) is 0 Å². The van der Waals surface area contributed by atoms with Crippen molar-refractivity contribution in [3.8, 4) is 0 Å². The van der Waals surface area contributed by atoms with Gasteiger partial charge in [-0.1, -0.05) is 0 Å². The van der Waals surface area contributed by atoms with Crippen molar-refractivity contribution in [3.63, 3.8) is 0 Å². The molecule has 0 saturated heterocycles. The molecule has 0 aromatic rings. The summed E-state index contributed by atoms with van der Waals surface area (Å²) in [5.41, 5.74) is 11.0. The fourth-order valence-electron chi connectivity index (χ4n) is 2.93. The van der Waals surface area contributed by atoms with Gasteiger partial charge in [0.15, 0.2) is 12.1 Å². The van der Waals surface area contributed by atoms with Crippen molar-refractivity contribution in [2.24, 2.45) is 16.5 Å². The van der Waals surface area contributed by atoms with E-state index in [2.05, 4.69) is 15.0 Å². The van der Waals surface area contributed by atoms with Crippen molar-refractivity contribution in [2.45, 2.75) is 57.5 Å². The monoisotopic (exact) mass is 462 g/mol. The maximum atomic E-state index is 12.6. The Balaban J connectivity index is 3.26. The van der Waals surface area contributed by atoms with Crippen LogP contribution in [-0.4, -0.2) is 91.2 Å². The van der Waals surface area contributed by atoms with Gasteiger partial charge in [-0.2, -0.15) is 0 Å². The van der Waals surface area contributed by atoms with E-state index in [1.807, 2.05) is 0 Å². The number of rotatable bonds is 10. The summed E-state index contributed by atoms with van der Waals surface area (Å²) in [4.78, 5) is 39.7. The fraction of sp³-hybridized carbons (Fsp3) is 0.667. The highest BCUT2D eigenvalue weighted by Crippen LogP contribution is 2.27. The van der Waals surface area contributed by atoms with Gasteiger partial charge in [0.2, 0.25) is 18.0 Å². The van der Waals surface area contributed by atoms with Gasteiger partial charge < -0.3 is 50.7 Å². The molecule has 1 aliphatic heterocycles. The highest BCUT2D eigenvalue weighted by molar-refractivity contribution is 5.87. The summed E-state index contributed by atoms with van der Waals surface area (Å²) < 4.78 is 25.3. The molecule has 0 aromatic carbocycles. The van der Waals surface area contributed by atoms with Crippen molar-refractivity contribution in [1.82, 2.24) is 5.32 Å². The molecule has 0 radical (unpaired) electrons. The normalized spacial score (nSPS) is 22.8. The molecule has 14 nitrogen and oxygen atoms in total. The lowest BCUT2D eigenvalue weighted by Crippen LogP contribution is -2.60. The number of methoxy groups -OCH3 is 1. The molecular weight excluding hydrogens is 432 g/mol. The minimum Gasteiger partial charge on any atom is -0.478 e. The Kier molecular flexibility index (Phi) is 10.7. The molecule has 0 spiro atoms. The van der Waals surface area contributed by atoms with Gasteiger partial charge in [-0.15, -0.1) is 0 Å². The van der Waals surface area contributed by atoms with Crippen LogP contribution in [0.15, 0.2) is 16.8 Å². The fourth-order valence-corrected chi connectivity index (χ4v) is 2.93. The van der Waals surface area contributed by atoms with Gasteiger partial charge >= 0.3 is 12.1 Å². The van der Waals surface area contributed by atoms with Gasteiger partial charge in [0.25, 0.3) is 0 Å². The lowest BCUT2D eigenvalue weighted by Gasteiger charge is -2.40. The highest BCUT2D eigenvalue weighted by atomic mass is 16.8. The maximum absolute atomic E-state index is 12.6. The quantitative estimate of drug-likeness (QED) is 0.102. The number of nitrogens with one attached hydrogen (secondary N) is 1. The first-order valence-electron chi connectivity index (χ1n) is 9.64. The summed E-state index contributed by atoms with van der Waals surface area (Å²) in [6, 6.07) is -2.03. The number of ether oxygens (including phenoxy) is 5. The minimum atomic E-state index is -1.44. The van der Waals surface area contributed by atoms with Crippen molar-refractivity contribution >= 4 is 24.0 Å². The molecule has 0 bridgehead atoms. The number of aliphatic imine (C=N–C) groups is 1. The van der Waals surface area contributed by atoms with Crippen LogP contribution in [0.5, 0.6) is 0 Å². The van der Waals surface area contributed by atoms with Crippen LogP contribution in [0.3, 0.4) is 0 Å². The summed E-state index contributed by atoms with van der Waals surface area (Å²) in [5, 5.41) is 22.1. The van der Waals surface area contributed by atoms with E-state index >= 15 is 0 Å². The molecular formula is C18H30N4O10. The third kappa shape index (κ3) is 7.86. The zero-order valence-corrected chi connectivity index (χ0v) is 18.2. The van der Waals surface area contributed by atoms with Crippen molar-refractivity contribution in [1.29, 1.82) is 0 Å². The van der Waals surface area contributed by atoms with E-state index in [0.29, 0.717) is 0 Å². The van der Waals surface area contributed by atoms with Crippen LogP contribution >= 0.6 is 0 Å². The maximum Gasteiger partial charge on any atom is 0.511 e.